The van der Waals surface area contributed by atoms with E-state index in [0.29, 0.717) is 5.11 Å². The van der Waals surface area contributed by atoms with Gasteiger partial charge in [0.25, 0.3) is 0 Å². The van der Waals surface area contributed by atoms with Crippen LogP contribution >= 0.6 is 12.2 Å². The molecule has 0 aliphatic carbocycles. The molecule has 154 valence electrons. The minimum atomic E-state index is -0.256. The Balaban J connectivity index is 1.66. The van der Waals surface area contributed by atoms with Crippen LogP contribution in [0.3, 0.4) is 0 Å². The Kier molecular flexibility index (Phi) is 5.00. The number of nitrogens with zero attached hydrogens (tertiary/aromatic N) is 3. The van der Waals surface area contributed by atoms with E-state index in [1.165, 1.54) is 17.7 Å². The number of anilines is 1. The SMILES string of the molecule is Cc1ccc(N2C(=S)N[C@@H](c3ccccn3)[C@@H]2c2cccn2-c2ccc(F)cc2)cc1. The summed E-state index contributed by atoms with van der Waals surface area (Å²) in [6.07, 6.45) is 3.79. The van der Waals surface area contributed by atoms with Crippen LogP contribution < -0.4 is 10.2 Å². The first-order valence-corrected chi connectivity index (χ1v) is 10.5. The molecular formula is C25H21FN4S. The lowest BCUT2D eigenvalue weighted by Crippen LogP contribution is -2.30. The first-order chi connectivity index (χ1) is 15.1. The van der Waals surface area contributed by atoms with Crippen molar-refractivity contribution in [3.63, 3.8) is 0 Å². The van der Waals surface area contributed by atoms with Gasteiger partial charge in [-0.15, -0.1) is 0 Å². The third-order valence-corrected chi connectivity index (χ3v) is 5.91. The molecule has 2 atom stereocenters. The third kappa shape index (κ3) is 3.59. The van der Waals surface area contributed by atoms with Crippen molar-refractivity contribution in [2.45, 2.75) is 19.0 Å². The van der Waals surface area contributed by atoms with Crippen LogP contribution in [0.15, 0.2) is 91.3 Å². The number of rotatable bonds is 4. The van der Waals surface area contributed by atoms with Crippen molar-refractivity contribution in [2.75, 3.05) is 4.90 Å². The van der Waals surface area contributed by atoms with Gasteiger partial charge in [0.1, 0.15) is 11.9 Å². The number of thiocarbonyl (C=S) groups is 1. The summed E-state index contributed by atoms with van der Waals surface area (Å²) in [6.45, 7) is 2.07. The molecule has 1 aliphatic rings. The van der Waals surface area contributed by atoms with Crippen molar-refractivity contribution in [2.24, 2.45) is 0 Å². The average Bonchev–Trinajstić information content (AvgIpc) is 3.40. The zero-order valence-corrected chi connectivity index (χ0v) is 17.8. The highest BCUT2D eigenvalue weighted by atomic mass is 32.1. The van der Waals surface area contributed by atoms with Crippen LogP contribution in [-0.4, -0.2) is 14.7 Å². The summed E-state index contributed by atoms with van der Waals surface area (Å²) in [7, 11) is 0. The maximum atomic E-state index is 13.5. The Morgan fingerprint density at radius 2 is 1.65 bits per heavy atom. The quantitative estimate of drug-likeness (QED) is 0.435. The summed E-state index contributed by atoms with van der Waals surface area (Å²) in [4.78, 5) is 6.75. The van der Waals surface area contributed by atoms with E-state index in [9.17, 15) is 4.39 Å². The number of halogens is 1. The number of aromatic nitrogens is 2. The number of nitrogens with one attached hydrogen (secondary N) is 1. The fraction of sp³-hybridized carbons (Fsp3) is 0.120. The number of aryl methyl sites for hydroxylation is 1. The van der Waals surface area contributed by atoms with Crippen LogP contribution in [0.1, 0.15) is 29.0 Å². The molecule has 1 aliphatic heterocycles. The van der Waals surface area contributed by atoms with E-state index < -0.39 is 0 Å². The van der Waals surface area contributed by atoms with Gasteiger partial charge in [0.05, 0.1) is 11.7 Å². The third-order valence-electron chi connectivity index (χ3n) is 5.60. The summed E-state index contributed by atoms with van der Waals surface area (Å²) in [5.74, 6) is -0.256. The molecule has 0 saturated carbocycles. The summed E-state index contributed by atoms with van der Waals surface area (Å²) >= 11 is 5.79. The lowest BCUT2D eigenvalue weighted by Gasteiger charge is -2.29. The summed E-state index contributed by atoms with van der Waals surface area (Å²) in [5, 5.41) is 4.13. The van der Waals surface area contributed by atoms with Crippen LogP contribution in [0.25, 0.3) is 5.69 Å². The van der Waals surface area contributed by atoms with E-state index in [1.54, 1.807) is 18.3 Å². The first kappa shape index (κ1) is 19.5. The van der Waals surface area contributed by atoms with Gasteiger partial charge in [0.2, 0.25) is 0 Å². The Bertz CT molecular complexity index is 1200. The maximum Gasteiger partial charge on any atom is 0.174 e. The van der Waals surface area contributed by atoms with Crippen LogP contribution in [-0.2, 0) is 0 Å². The van der Waals surface area contributed by atoms with Crippen molar-refractivity contribution in [3.05, 3.63) is 114 Å². The molecule has 1 saturated heterocycles. The molecular weight excluding hydrogens is 407 g/mol. The summed E-state index contributed by atoms with van der Waals surface area (Å²) in [6, 6.07) is 24.6. The van der Waals surface area contributed by atoms with E-state index in [2.05, 4.69) is 57.0 Å². The first-order valence-electron chi connectivity index (χ1n) is 10.1. The summed E-state index contributed by atoms with van der Waals surface area (Å²) < 4.78 is 15.6. The molecule has 2 aromatic carbocycles. The van der Waals surface area contributed by atoms with E-state index in [4.69, 9.17) is 12.2 Å². The number of pyridine rings is 1. The van der Waals surface area contributed by atoms with E-state index in [1.807, 2.05) is 30.5 Å². The zero-order chi connectivity index (χ0) is 21.4. The molecule has 6 heteroatoms. The number of hydrogen-bond acceptors (Lipinski definition) is 2. The maximum absolute atomic E-state index is 13.5. The number of benzene rings is 2. The minimum Gasteiger partial charge on any atom is -0.351 e. The van der Waals surface area contributed by atoms with Gasteiger partial charge in [-0.3, -0.25) is 4.98 Å². The topological polar surface area (TPSA) is 33.1 Å². The smallest absolute Gasteiger partial charge is 0.174 e. The average molecular weight is 429 g/mol. The standard InChI is InChI=1S/C25H21FN4S/c1-17-7-11-20(12-8-17)30-24(23(28-25(30)31)21-5-2-3-15-27-21)22-6-4-16-29(22)19-13-9-18(26)10-14-19/h2-16,23-24H,1H3,(H,28,31)/t23-,24-/m0/s1. The van der Waals surface area contributed by atoms with Crippen LogP contribution in [0.2, 0.25) is 0 Å². The highest BCUT2D eigenvalue weighted by molar-refractivity contribution is 7.80. The van der Waals surface area contributed by atoms with Gasteiger partial charge in [-0.25, -0.2) is 4.39 Å². The Labute approximate surface area is 186 Å². The van der Waals surface area contributed by atoms with Crippen molar-refractivity contribution in [1.29, 1.82) is 0 Å². The second kappa shape index (κ2) is 7.96. The fourth-order valence-electron chi connectivity index (χ4n) is 4.11. The molecule has 0 unspecified atom stereocenters. The van der Waals surface area contributed by atoms with E-state index in [0.717, 1.165) is 22.8 Å². The Morgan fingerprint density at radius 3 is 2.35 bits per heavy atom. The molecule has 1 fully saturated rings. The van der Waals surface area contributed by atoms with Crippen molar-refractivity contribution in [1.82, 2.24) is 14.9 Å². The van der Waals surface area contributed by atoms with Crippen LogP contribution in [0.5, 0.6) is 0 Å². The second-order valence-electron chi connectivity index (χ2n) is 7.61. The van der Waals surface area contributed by atoms with Crippen LogP contribution in [0, 0.1) is 12.7 Å². The van der Waals surface area contributed by atoms with Gasteiger partial charge in [-0.2, -0.15) is 0 Å². The van der Waals surface area contributed by atoms with E-state index >= 15 is 0 Å². The van der Waals surface area contributed by atoms with Crippen molar-refractivity contribution in [3.8, 4) is 5.69 Å². The molecule has 5 rings (SSSR count). The lowest BCUT2D eigenvalue weighted by atomic mass is 10.0. The van der Waals surface area contributed by atoms with Crippen molar-refractivity contribution < 1.29 is 4.39 Å². The minimum absolute atomic E-state index is 0.134. The molecule has 0 bridgehead atoms. The van der Waals surface area contributed by atoms with Gasteiger partial charge in [0.15, 0.2) is 5.11 Å². The largest absolute Gasteiger partial charge is 0.351 e. The van der Waals surface area contributed by atoms with Gasteiger partial charge in [-0.1, -0.05) is 23.8 Å². The molecule has 4 nitrogen and oxygen atoms in total. The highest BCUT2D eigenvalue weighted by Crippen LogP contribution is 2.42. The van der Waals surface area contributed by atoms with Crippen LogP contribution in [0.4, 0.5) is 10.1 Å². The fourth-order valence-corrected chi connectivity index (χ4v) is 4.46. The Hall–Kier alpha value is -3.51. The van der Waals surface area contributed by atoms with Gasteiger partial charge >= 0.3 is 0 Å². The molecule has 0 radical (unpaired) electrons. The van der Waals surface area contributed by atoms with Gasteiger partial charge < -0.3 is 14.8 Å². The molecule has 0 amide bonds. The molecule has 0 spiro atoms. The van der Waals surface area contributed by atoms with E-state index in [-0.39, 0.29) is 17.9 Å². The molecule has 4 aromatic rings. The number of hydrogen-bond donors (Lipinski definition) is 1. The predicted molar refractivity (Wildman–Crippen MR) is 125 cm³/mol. The van der Waals surface area contributed by atoms with Crippen molar-refractivity contribution >= 4 is 23.0 Å². The molecule has 31 heavy (non-hydrogen) atoms. The van der Waals surface area contributed by atoms with Gasteiger partial charge in [-0.05, 0) is 79.8 Å². The Morgan fingerprint density at radius 1 is 0.903 bits per heavy atom. The molecule has 1 N–H and O–H groups in total. The predicted octanol–water partition coefficient (Wildman–Crippen LogP) is 5.50. The monoisotopic (exact) mass is 428 g/mol. The summed E-state index contributed by atoms with van der Waals surface area (Å²) in [5.41, 5.74) is 5.04. The lowest BCUT2D eigenvalue weighted by molar-refractivity contribution is 0.549. The highest BCUT2D eigenvalue weighted by Gasteiger charge is 2.42. The molecule has 3 heterocycles. The van der Waals surface area contributed by atoms with Gasteiger partial charge in [0, 0.05) is 29.5 Å². The molecule has 2 aromatic heterocycles. The second-order valence-corrected chi connectivity index (χ2v) is 8.00. The zero-order valence-electron chi connectivity index (χ0n) is 16.9. The normalized spacial score (nSPS) is 18.3.